The van der Waals surface area contributed by atoms with E-state index in [-0.39, 0.29) is 5.91 Å². The molecule has 6 nitrogen and oxygen atoms in total. The van der Waals surface area contributed by atoms with Gasteiger partial charge in [-0.05, 0) is 31.0 Å². The van der Waals surface area contributed by atoms with Crippen molar-refractivity contribution in [1.82, 2.24) is 14.8 Å². The molecule has 0 saturated carbocycles. The van der Waals surface area contributed by atoms with E-state index in [1.165, 1.54) is 0 Å². The first-order valence-corrected chi connectivity index (χ1v) is 8.19. The van der Waals surface area contributed by atoms with E-state index in [0.29, 0.717) is 17.4 Å². The number of ether oxygens (including phenoxy) is 1. The second-order valence-electron chi connectivity index (χ2n) is 6.36. The van der Waals surface area contributed by atoms with Gasteiger partial charge in [-0.25, -0.2) is 4.68 Å². The van der Waals surface area contributed by atoms with Crippen molar-refractivity contribution in [2.24, 2.45) is 5.92 Å². The van der Waals surface area contributed by atoms with Crippen LogP contribution in [0.4, 0.5) is 5.82 Å². The van der Waals surface area contributed by atoms with Crippen LogP contribution in [0.1, 0.15) is 22.5 Å². The van der Waals surface area contributed by atoms with Gasteiger partial charge in [-0.15, -0.1) is 0 Å². The molecule has 0 radical (unpaired) electrons. The van der Waals surface area contributed by atoms with Crippen molar-refractivity contribution in [2.45, 2.75) is 19.9 Å². The van der Waals surface area contributed by atoms with Crippen LogP contribution in [0.25, 0.3) is 10.9 Å². The van der Waals surface area contributed by atoms with E-state index in [1.54, 1.807) is 6.20 Å². The number of anilines is 1. The Balaban J connectivity index is 1.52. The van der Waals surface area contributed by atoms with E-state index < -0.39 is 0 Å². The van der Waals surface area contributed by atoms with Crippen molar-refractivity contribution in [1.29, 1.82) is 0 Å². The zero-order valence-corrected chi connectivity index (χ0v) is 13.6. The number of nitrogens with one attached hydrogen (secondary N) is 2. The summed E-state index contributed by atoms with van der Waals surface area (Å²) in [6, 6.07) is 9.78. The number of aryl methyl sites for hydroxylation is 1. The van der Waals surface area contributed by atoms with Crippen molar-refractivity contribution in [3.8, 4) is 0 Å². The van der Waals surface area contributed by atoms with Gasteiger partial charge in [0.25, 0.3) is 5.91 Å². The molecule has 2 aromatic heterocycles. The summed E-state index contributed by atoms with van der Waals surface area (Å²) in [6.07, 6.45) is 2.74. The predicted molar refractivity (Wildman–Crippen MR) is 92.1 cm³/mol. The Morgan fingerprint density at radius 1 is 1.42 bits per heavy atom. The molecule has 6 heteroatoms. The van der Waals surface area contributed by atoms with E-state index in [2.05, 4.69) is 15.4 Å². The van der Waals surface area contributed by atoms with Crippen LogP contribution in [0.2, 0.25) is 0 Å². The Bertz CT molecular complexity index is 874. The highest BCUT2D eigenvalue weighted by atomic mass is 16.5. The number of H-pyrrole nitrogens is 1. The maximum absolute atomic E-state index is 12.5. The van der Waals surface area contributed by atoms with Crippen molar-refractivity contribution in [3.05, 3.63) is 47.8 Å². The molecule has 0 unspecified atom stereocenters. The number of hydrogen-bond donors (Lipinski definition) is 2. The molecule has 3 heterocycles. The number of carbonyl (C=O) groups excluding carboxylic acids is 1. The number of aromatic amines is 1. The standard InChI is InChI=1S/C18H20N4O2/c1-12-2-3-14-9-16(20-15(14)8-12)18(23)21-17-4-6-19-22(17)10-13-5-7-24-11-13/h2-4,6,8-9,13,20H,5,7,10-11H2,1H3,(H,21,23)/t13-/m1/s1. The van der Waals surface area contributed by atoms with E-state index in [9.17, 15) is 4.79 Å². The van der Waals surface area contributed by atoms with Gasteiger partial charge < -0.3 is 15.0 Å². The molecule has 0 aliphatic carbocycles. The first kappa shape index (κ1) is 15.0. The van der Waals surface area contributed by atoms with Crippen LogP contribution in [0.3, 0.4) is 0 Å². The van der Waals surface area contributed by atoms with Gasteiger partial charge in [-0.1, -0.05) is 12.1 Å². The monoisotopic (exact) mass is 324 g/mol. The fourth-order valence-electron chi connectivity index (χ4n) is 3.10. The van der Waals surface area contributed by atoms with Crippen LogP contribution in [-0.4, -0.2) is 33.9 Å². The third-order valence-electron chi connectivity index (χ3n) is 4.44. The Morgan fingerprint density at radius 2 is 2.33 bits per heavy atom. The van der Waals surface area contributed by atoms with Crippen LogP contribution in [0.15, 0.2) is 36.5 Å². The Hall–Kier alpha value is -2.60. The van der Waals surface area contributed by atoms with Gasteiger partial charge >= 0.3 is 0 Å². The van der Waals surface area contributed by atoms with Crippen LogP contribution >= 0.6 is 0 Å². The first-order chi connectivity index (χ1) is 11.7. The van der Waals surface area contributed by atoms with Crippen LogP contribution in [0.5, 0.6) is 0 Å². The Labute approximate surface area is 139 Å². The lowest BCUT2D eigenvalue weighted by Crippen LogP contribution is -2.19. The first-order valence-electron chi connectivity index (χ1n) is 8.19. The second-order valence-corrected chi connectivity index (χ2v) is 6.36. The van der Waals surface area contributed by atoms with E-state index in [0.717, 1.165) is 42.6 Å². The lowest BCUT2D eigenvalue weighted by Gasteiger charge is -2.11. The number of rotatable bonds is 4. The molecule has 1 fully saturated rings. The largest absolute Gasteiger partial charge is 0.381 e. The lowest BCUT2D eigenvalue weighted by atomic mass is 10.1. The van der Waals surface area contributed by atoms with Gasteiger partial charge in [-0.3, -0.25) is 4.79 Å². The molecule has 1 amide bonds. The van der Waals surface area contributed by atoms with Gasteiger partial charge in [0.2, 0.25) is 0 Å². The summed E-state index contributed by atoms with van der Waals surface area (Å²) in [6.45, 7) is 4.36. The molecule has 1 aromatic carbocycles. The molecule has 1 aliphatic rings. The summed E-state index contributed by atoms with van der Waals surface area (Å²) in [5, 5.41) is 8.29. The summed E-state index contributed by atoms with van der Waals surface area (Å²) >= 11 is 0. The summed E-state index contributed by atoms with van der Waals surface area (Å²) < 4.78 is 7.24. The van der Waals surface area contributed by atoms with Crippen molar-refractivity contribution in [2.75, 3.05) is 18.5 Å². The maximum Gasteiger partial charge on any atom is 0.273 e. The summed E-state index contributed by atoms with van der Waals surface area (Å²) in [5.74, 6) is 1.01. The number of nitrogens with zero attached hydrogens (tertiary/aromatic N) is 2. The quantitative estimate of drug-likeness (QED) is 0.775. The predicted octanol–water partition coefficient (Wildman–Crippen LogP) is 2.96. The molecule has 2 N–H and O–H groups in total. The van der Waals surface area contributed by atoms with Crippen LogP contribution < -0.4 is 5.32 Å². The maximum atomic E-state index is 12.5. The molecule has 24 heavy (non-hydrogen) atoms. The van der Waals surface area contributed by atoms with Crippen molar-refractivity contribution < 1.29 is 9.53 Å². The fraction of sp³-hybridized carbons (Fsp3) is 0.333. The van der Waals surface area contributed by atoms with Crippen molar-refractivity contribution in [3.63, 3.8) is 0 Å². The number of carbonyl (C=O) groups is 1. The van der Waals surface area contributed by atoms with E-state index in [1.807, 2.05) is 41.9 Å². The minimum Gasteiger partial charge on any atom is -0.381 e. The third kappa shape index (κ3) is 2.92. The SMILES string of the molecule is Cc1ccc2cc(C(=O)Nc3ccnn3C[C@H]3CCOC3)[nH]c2c1. The smallest absolute Gasteiger partial charge is 0.273 e. The third-order valence-corrected chi connectivity index (χ3v) is 4.44. The highest BCUT2D eigenvalue weighted by molar-refractivity contribution is 6.05. The average molecular weight is 324 g/mol. The Kier molecular flexibility index (Phi) is 3.82. The molecule has 3 aromatic rings. The molecule has 1 saturated heterocycles. The molecule has 1 atom stereocenters. The lowest BCUT2D eigenvalue weighted by molar-refractivity contribution is 0.102. The summed E-state index contributed by atoms with van der Waals surface area (Å²) in [5.41, 5.74) is 2.68. The summed E-state index contributed by atoms with van der Waals surface area (Å²) in [4.78, 5) is 15.7. The van der Waals surface area contributed by atoms with Gasteiger partial charge in [0.1, 0.15) is 11.5 Å². The van der Waals surface area contributed by atoms with Gasteiger partial charge in [0, 0.05) is 36.0 Å². The van der Waals surface area contributed by atoms with Crippen molar-refractivity contribution >= 4 is 22.6 Å². The molecule has 0 bridgehead atoms. The Morgan fingerprint density at radius 3 is 3.17 bits per heavy atom. The van der Waals surface area contributed by atoms with E-state index in [4.69, 9.17) is 4.74 Å². The highest BCUT2D eigenvalue weighted by Crippen LogP contribution is 2.20. The zero-order valence-electron chi connectivity index (χ0n) is 13.6. The highest BCUT2D eigenvalue weighted by Gasteiger charge is 2.19. The van der Waals surface area contributed by atoms with Gasteiger partial charge in [0.15, 0.2) is 0 Å². The number of hydrogen-bond acceptors (Lipinski definition) is 3. The number of benzene rings is 1. The fourth-order valence-corrected chi connectivity index (χ4v) is 3.10. The number of fused-ring (bicyclic) bond motifs is 1. The zero-order chi connectivity index (χ0) is 16.5. The number of amides is 1. The summed E-state index contributed by atoms with van der Waals surface area (Å²) in [7, 11) is 0. The van der Waals surface area contributed by atoms with Gasteiger partial charge in [-0.2, -0.15) is 5.10 Å². The minimum atomic E-state index is -0.159. The molecular weight excluding hydrogens is 304 g/mol. The molecular formula is C18H20N4O2. The average Bonchev–Trinajstić information content (AvgIpc) is 3.29. The van der Waals surface area contributed by atoms with E-state index >= 15 is 0 Å². The molecule has 1 aliphatic heterocycles. The molecule has 0 spiro atoms. The molecule has 4 rings (SSSR count). The molecule has 124 valence electrons. The second kappa shape index (κ2) is 6.13. The minimum absolute atomic E-state index is 0.159. The topological polar surface area (TPSA) is 71.9 Å². The van der Waals surface area contributed by atoms with Crippen LogP contribution in [-0.2, 0) is 11.3 Å². The van der Waals surface area contributed by atoms with Gasteiger partial charge in [0.05, 0.1) is 12.8 Å². The number of aromatic nitrogens is 3. The normalized spacial score (nSPS) is 17.5. The van der Waals surface area contributed by atoms with Crippen LogP contribution in [0, 0.1) is 12.8 Å².